The predicted molar refractivity (Wildman–Crippen MR) is 60.1 cm³/mol. The van der Waals surface area contributed by atoms with Gasteiger partial charge in [-0.3, -0.25) is 19.8 Å². The minimum Gasteiger partial charge on any atom is -0.294 e. The Balaban J connectivity index is 1.94. The maximum Gasteiger partial charge on any atom is 0.240 e. The lowest BCUT2D eigenvalue weighted by Crippen LogP contribution is -2.52. The molecule has 1 fully saturated rings. The number of amides is 2. The first-order chi connectivity index (χ1) is 7.65. The minimum atomic E-state index is -0.220. The first-order valence-corrected chi connectivity index (χ1v) is 5.97. The van der Waals surface area contributed by atoms with Crippen molar-refractivity contribution < 1.29 is 9.59 Å². The molecule has 86 valence electrons. The molecule has 16 heavy (non-hydrogen) atoms. The molecule has 0 aliphatic carbocycles. The van der Waals surface area contributed by atoms with E-state index in [2.05, 4.69) is 17.2 Å². The molecular formula is C10H13N3O2S. The molecule has 1 aromatic rings. The SMILES string of the molecule is CC(CN1CC(=O)NC(=O)C1)c1nccs1. The highest BCUT2D eigenvalue weighted by Gasteiger charge is 2.24. The molecular weight excluding hydrogens is 226 g/mol. The van der Waals surface area contributed by atoms with Crippen molar-refractivity contribution >= 4 is 23.2 Å². The summed E-state index contributed by atoms with van der Waals surface area (Å²) in [5, 5.41) is 5.26. The molecule has 5 nitrogen and oxygen atoms in total. The van der Waals surface area contributed by atoms with Crippen LogP contribution in [0.2, 0.25) is 0 Å². The zero-order valence-corrected chi connectivity index (χ0v) is 9.79. The standard InChI is InChI=1S/C10H13N3O2S/c1-7(10-11-2-3-16-10)4-13-5-8(14)12-9(15)6-13/h2-3,7H,4-6H2,1H3,(H,12,14,15). The average Bonchev–Trinajstić information content (AvgIpc) is 2.68. The van der Waals surface area contributed by atoms with Crippen LogP contribution in [0, 0.1) is 0 Å². The molecule has 6 heteroatoms. The molecule has 0 saturated carbocycles. The van der Waals surface area contributed by atoms with Crippen LogP contribution in [0.3, 0.4) is 0 Å². The maximum atomic E-state index is 11.2. The number of hydrogen-bond acceptors (Lipinski definition) is 5. The van der Waals surface area contributed by atoms with E-state index in [1.54, 1.807) is 17.5 Å². The van der Waals surface area contributed by atoms with Gasteiger partial charge in [-0.2, -0.15) is 0 Å². The summed E-state index contributed by atoms with van der Waals surface area (Å²) >= 11 is 1.60. The number of nitrogens with zero attached hydrogens (tertiary/aromatic N) is 2. The van der Waals surface area contributed by atoms with Crippen molar-refractivity contribution in [1.82, 2.24) is 15.2 Å². The molecule has 1 aliphatic rings. The minimum absolute atomic E-state index is 0.220. The fourth-order valence-corrected chi connectivity index (χ4v) is 2.46. The van der Waals surface area contributed by atoms with E-state index in [1.165, 1.54) is 0 Å². The van der Waals surface area contributed by atoms with Gasteiger partial charge in [-0.05, 0) is 0 Å². The van der Waals surface area contributed by atoms with Crippen LogP contribution in [0.5, 0.6) is 0 Å². The van der Waals surface area contributed by atoms with E-state index < -0.39 is 0 Å². The van der Waals surface area contributed by atoms with Crippen LogP contribution < -0.4 is 5.32 Å². The summed E-state index contributed by atoms with van der Waals surface area (Å²) in [7, 11) is 0. The molecule has 1 unspecified atom stereocenters. The van der Waals surface area contributed by atoms with E-state index in [4.69, 9.17) is 0 Å². The molecule has 0 radical (unpaired) electrons. The van der Waals surface area contributed by atoms with E-state index in [1.807, 2.05) is 10.3 Å². The lowest BCUT2D eigenvalue weighted by Gasteiger charge is -2.27. The number of aromatic nitrogens is 1. The number of hydrogen-bond donors (Lipinski definition) is 1. The Morgan fingerprint density at radius 1 is 1.50 bits per heavy atom. The van der Waals surface area contributed by atoms with Crippen molar-refractivity contribution in [2.75, 3.05) is 19.6 Å². The van der Waals surface area contributed by atoms with Crippen molar-refractivity contribution in [3.05, 3.63) is 16.6 Å². The number of carbonyl (C=O) groups excluding carboxylic acids is 2. The Labute approximate surface area is 97.5 Å². The fourth-order valence-electron chi connectivity index (χ4n) is 1.77. The van der Waals surface area contributed by atoms with Gasteiger partial charge in [-0.25, -0.2) is 4.98 Å². The van der Waals surface area contributed by atoms with Crippen LogP contribution >= 0.6 is 11.3 Å². The fraction of sp³-hybridized carbons (Fsp3) is 0.500. The highest BCUT2D eigenvalue weighted by Crippen LogP contribution is 2.18. The molecule has 1 saturated heterocycles. The Hall–Kier alpha value is -1.27. The van der Waals surface area contributed by atoms with E-state index in [0.29, 0.717) is 19.6 Å². The Morgan fingerprint density at radius 2 is 2.19 bits per heavy atom. The Morgan fingerprint density at radius 3 is 2.75 bits per heavy atom. The third-order valence-electron chi connectivity index (χ3n) is 2.42. The number of thiazole rings is 1. The van der Waals surface area contributed by atoms with Crippen molar-refractivity contribution in [1.29, 1.82) is 0 Å². The van der Waals surface area contributed by atoms with Gasteiger partial charge in [0.25, 0.3) is 0 Å². The second-order valence-corrected chi connectivity index (χ2v) is 4.84. The molecule has 2 rings (SSSR count). The van der Waals surface area contributed by atoms with Crippen LogP contribution in [0.15, 0.2) is 11.6 Å². The summed E-state index contributed by atoms with van der Waals surface area (Å²) in [6.45, 7) is 3.32. The van der Waals surface area contributed by atoms with Crippen LogP contribution in [-0.4, -0.2) is 41.3 Å². The molecule has 0 bridgehead atoms. The van der Waals surface area contributed by atoms with Gasteiger partial charge in [0.2, 0.25) is 11.8 Å². The smallest absolute Gasteiger partial charge is 0.240 e. The van der Waals surface area contributed by atoms with Crippen molar-refractivity contribution in [2.45, 2.75) is 12.8 Å². The zero-order valence-electron chi connectivity index (χ0n) is 8.97. The van der Waals surface area contributed by atoms with E-state index >= 15 is 0 Å². The van der Waals surface area contributed by atoms with E-state index in [9.17, 15) is 9.59 Å². The summed E-state index contributed by atoms with van der Waals surface area (Å²) in [5.74, 6) is -0.191. The first-order valence-electron chi connectivity index (χ1n) is 5.09. The van der Waals surface area contributed by atoms with Crippen LogP contribution in [-0.2, 0) is 9.59 Å². The molecule has 1 atom stereocenters. The summed E-state index contributed by atoms with van der Waals surface area (Å²) < 4.78 is 0. The highest BCUT2D eigenvalue weighted by atomic mass is 32.1. The highest BCUT2D eigenvalue weighted by molar-refractivity contribution is 7.09. The van der Waals surface area contributed by atoms with Crippen molar-refractivity contribution in [3.63, 3.8) is 0 Å². The topological polar surface area (TPSA) is 62.3 Å². The third-order valence-corrected chi connectivity index (χ3v) is 3.43. The molecule has 0 spiro atoms. The van der Waals surface area contributed by atoms with Gasteiger partial charge in [-0.15, -0.1) is 11.3 Å². The summed E-state index contributed by atoms with van der Waals surface area (Å²) in [6.07, 6.45) is 1.77. The largest absolute Gasteiger partial charge is 0.294 e. The molecule has 0 aromatic carbocycles. The lowest BCUT2D eigenvalue weighted by atomic mass is 10.1. The third kappa shape index (κ3) is 2.65. The number of imide groups is 1. The van der Waals surface area contributed by atoms with Gasteiger partial charge >= 0.3 is 0 Å². The van der Waals surface area contributed by atoms with E-state index in [0.717, 1.165) is 5.01 Å². The number of rotatable bonds is 3. The Bertz CT molecular complexity index is 375. The van der Waals surface area contributed by atoms with Gasteiger partial charge < -0.3 is 0 Å². The average molecular weight is 239 g/mol. The van der Waals surface area contributed by atoms with Crippen LogP contribution in [0.4, 0.5) is 0 Å². The van der Waals surface area contributed by atoms with Gasteiger partial charge in [0.15, 0.2) is 0 Å². The molecule has 2 heterocycles. The molecule has 1 N–H and O–H groups in total. The summed E-state index contributed by atoms with van der Waals surface area (Å²) in [5.41, 5.74) is 0. The molecule has 2 amide bonds. The second kappa shape index (κ2) is 4.71. The number of piperazine rings is 1. The van der Waals surface area contributed by atoms with Crippen molar-refractivity contribution in [3.8, 4) is 0 Å². The predicted octanol–water partition coefficient (Wildman–Crippen LogP) is 0.205. The first kappa shape index (κ1) is 11.2. The quantitative estimate of drug-likeness (QED) is 0.766. The maximum absolute atomic E-state index is 11.2. The van der Waals surface area contributed by atoms with Gasteiger partial charge in [0, 0.05) is 24.0 Å². The zero-order chi connectivity index (χ0) is 11.5. The van der Waals surface area contributed by atoms with Crippen molar-refractivity contribution in [2.24, 2.45) is 0 Å². The Kier molecular flexibility index (Phi) is 3.31. The second-order valence-electron chi connectivity index (χ2n) is 3.91. The summed E-state index contributed by atoms with van der Waals surface area (Å²) in [6, 6.07) is 0. The number of carbonyl (C=O) groups is 2. The van der Waals surface area contributed by atoms with E-state index in [-0.39, 0.29) is 17.7 Å². The van der Waals surface area contributed by atoms with Crippen LogP contribution in [0.1, 0.15) is 17.8 Å². The van der Waals surface area contributed by atoms with Gasteiger partial charge in [-0.1, -0.05) is 6.92 Å². The van der Waals surface area contributed by atoms with Crippen LogP contribution in [0.25, 0.3) is 0 Å². The lowest BCUT2D eigenvalue weighted by molar-refractivity contribution is -0.136. The van der Waals surface area contributed by atoms with Gasteiger partial charge in [0.05, 0.1) is 18.1 Å². The molecule has 1 aliphatic heterocycles. The number of nitrogens with one attached hydrogen (secondary N) is 1. The normalized spacial score (nSPS) is 19.6. The van der Waals surface area contributed by atoms with Gasteiger partial charge in [0.1, 0.15) is 0 Å². The molecule has 1 aromatic heterocycles. The summed E-state index contributed by atoms with van der Waals surface area (Å²) in [4.78, 5) is 28.4. The monoisotopic (exact) mass is 239 g/mol.